The third-order valence-electron chi connectivity index (χ3n) is 5.80. The summed E-state index contributed by atoms with van der Waals surface area (Å²) in [6.45, 7) is 0.562. The molecule has 35 heavy (non-hydrogen) atoms. The predicted molar refractivity (Wildman–Crippen MR) is 128 cm³/mol. The van der Waals surface area contributed by atoms with Crippen LogP contribution in [0.3, 0.4) is 0 Å². The zero-order chi connectivity index (χ0) is 25.2. The molecule has 184 valence electrons. The second-order valence-corrected chi connectivity index (χ2v) is 9.31. The number of amides is 1. The van der Waals surface area contributed by atoms with E-state index in [1.54, 1.807) is 29.3 Å². The number of hydrogen-bond acceptors (Lipinski definition) is 4. The first kappa shape index (κ1) is 25.5. The number of carbonyl (C=O) groups is 1. The maximum absolute atomic E-state index is 13.5. The smallest absolute Gasteiger partial charge is 0.417 e. The molecule has 0 N–H and O–H groups in total. The number of carbonyl (C=O) groups excluding carboxylic acids is 1. The summed E-state index contributed by atoms with van der Waals surface area (Å²) in [5.41, 5.74) is 0.326. The molecule has 2 aromatic heterocycles. The van der Waals surface area contributed by atoms with Gasteiger partial charge in [0.05, 0.1) is 21.7 Å². The highest BCUT2D eigenvalue weighted by Gasteiger charge is 2.35. The van der Waals surface area contributed by atoms with Crippen molar-refractivity contribution < 1.29 is 22.7 Å². The van der Waals surface area contributed by atoms with Gasteiger partial charge in [-0.15, -0.1) is 0 Å². The fraction of sp³-hybridized carbons (Fsp3) is 0.292. The molecule has 3 heterocycles. The molecule has 1 saturated heterocycles. The minimum Gasteiger partial charge on any atom is -0.471 e. The summed E-state index contributed by atoms with van der Waals surface area (Å²) in [5, 5.41) is 0.769. The van der Waals surface area contributed by atoms with E-state index in [1.165, 1.54) is 12.1 Å². The Morgan fingerprint density at radius 2 is 1.89 bits per heavy atom. The maximum atomic E-state index is 13.5. The van der Waals surface area contributed by atoms with Gasteiger partial charge < -0.3 is 9.64 Å². The van der Waals surface area contributed by atoms with Gasteiger partial charge in [0.2, 0.25) is 12.3 Å². The topological polar surface area (TPSA) is 55.3 Å². The Labute approximate surface area is 214 Å². The molecular formula is C24H19Cl3F3N3O2. The average molecular weight is 545 g/mol. The maximum Gasteiger partial charge on any atom is 0.417 e. The highest BCUT2D eigenvalue weighted by Crippen LogP contribution is 2.38. The Morgan fingerprint density at radius 1 is 1.09 bits per heavy atom. The number of halogens is 6. The lowest BCUT2D eigenvalue weighted by Gasteiger charge is -2.30. The van der Waals surface area contributed by atoms with Gasteiger partial charge in [0.15, 0.2) is 0 Å². The molecule has 2 unspecified atom stereocenters. The second kappa shape index (κ2) is 10.6. The van der Waals surface area contributed by atoms with Crippen molar-refractivity contribution in [2.45, 2.75) is 37.6 Å². The molecule has 0 spiro atoms. The van der Waals surface area contributed by atoms with E-state index in [0.717, 1.165) is 30.7 Å². The van der Waals surface area contributed by atoms with Crippen molar-refractivity contribution in [3.63, 3.8) is 0 Å². The molecular weight excluding hydrogens is 526 g/mol. The van der Waals surface area contributed by atoms with Gasteiger partial charge in [-0.05, 0) is 48.2 Å². The van der Waals surface area contributed by atoms with Crippen LogP contribution < -0.4 is 4.74 Å². The van der Waals surface area contributed by atoms with Crippen molar-refractivity contribution >= 4 is 41.2 Å². The quantitative estimate of drug-likeness (QED) is 0.244. The highest BCUT2D eigenvalue weighted by atomic mass is 35.5. The van der Waals surface area contributed by atoms with E-state index in [0.29, 0.717) is 30.1 Å². The van der Waals surface area contributed by atoms with Crippen LogP contribution >= 0.6 is 34.8 Å². The summed E-state index contributed by atoms with van der Waals surface area (Å²) in [6, 6.07) is 8.58. The highest BCUT2D eigenvalue weighted by molar-refractivity contribution is 6.42. The normalized spacial score (nSPS) is 16.9. The van der Waals surface area contributed by atoms with Gasteiger partial charge in [0.25, 0.3) is 0 Å². The van der Waals surface area contributed by atoms with E-state index in [2.05, 4.69) is 9.97 Å². The molecule has 1 amide bonds. The molecule has 0 bridgehead atoms. The summed E-state index contributed by atoms with van der Waals surface area (Å²) in [4.78, 5) is 21.4. The molecule has 1 aromatic carbocycles. The van der Waals surface area contributed by atoms with Gasteiger partial charge in [-0.25, -0.2) is 9.97 Å². The first-order valence-corrected chi connectivity index (χ1v) is 11.8. The fourth-order valence-electron chi connectivity index (χ4n) is 4.08. The Balaban J connectivity index is 1.76. The van der Waals surface area contributed by atoms with Crippen molar-refractivity contribution in [1.82, 2.24) is 14.9 Å². The molecule has 11 heteroatoms. The third kappa shape index (κ3) is 6.00. The van der Waals surface area contributed by atoms with E-state index < -0.39 is 17.8 Å². The van der Waals surface area contributed by atoms with Gasteiger partial charge >= 0.3 is 6.18 Å². The summed E-state index contributed by atoms with van der Waals surface area (Å²) < 4.78 is 46.8. The van der Waals surface area contributed by atoms with E-state index in [4.69, 9.17) is 39.5 Å². The molecule has 1 aliphatic heterocycles. The van der Waals surface area contributed by atoms with Crippen molar-refractivity contribution in [2.24, 2.45) is 0 Å². The first-order valence-electron chi connectivity index (χ1n) is 10.7. The summed E-state index contributed by atoms with van der Waals surface area (Å²) >= 11 is 18.0. The van der Waals surface area contributed by atoms with Crippen LogP contribution in [0.5, 0.6) is 5.88 Å². The molecule has 5 nitrogen and oxygen atoms in total. The van der Waals surface area contributed by atoms with Gasteiger partial charge in [0, 0.05) is 30.9 Å². The number of rotatable bonds is 7. The van der Waals surface area contributed by atoms with Crippen molar-refractivity contribution in [3.05, 3.63) is 75.1 Å². The summed E-state index contributed by atoms with van der Waals surface area (Å²) in [6.07, 6.45) is -0.337. The number of pyridine rings is 2. The van der Waals surface area contributed by atoms with Crippen LogP contribution in [0.15, 0.2) is 48.8 Å². The van der Waals surface area contributed by atoms with Crippen LogP contribution in [-0.4, -0.2) is 40.0 Å². The van der Waals surface area contributed by atoms with Crippen LogP contribution in [0, 0.1) is 0 Å². The number of nitrogens with zero attached hydrogens (tertiary/aromatic N) is 3. The van der Waals surface area contributed by atoms with Crippen molar-refractivity contribution in [3.8, 4) is 17.0 Å². The molecule has 1 aliphatic rings. The van der Waals surface area contributed by atoms with Crippen molar-refractivity contribution in [2.75, 3.05) is 6.54 Å². The van der Waals surface area contributed by atoms with Gasteiger partial charge in [0.1, 0.15) is 11.3 Å². The number of hydrogen-bond donors (Lipinski definition) is 0. The molecule has 2 atom stereocenters. The van der Waals surface area contributed by atoms with Crippen LogP contribution in [0.2, 0.25) is 15.2 Å². The lowest BCUT2D eigenvalue weighted by Crippen LogP contribution is -2.43. The number of likely N-dealkylation sites (tertiary alicyclic amines) is 1. The van der Waals surface area contributed by atoms with Crippen LogP contribution in [0.25, 0.3) is 11.1 Å². The monoisotopic (exact) mass is 543 g/mol. The molecule has 1 fully saturated rings. The SMILES string of the molecule is O=CN1CCCC1C(Cc1ccc(Cl)nc1)Oc1ncc(C(F)(F)F)cc1-c1ccc(Cl)c(Cl)c1. The third-order valence-corrected chi connectivity index (χ3v) is 6.77. The predicted octanol–water partition coefficient (Wildman–Crippen LogP) is 6.73. The lowest BCUT2D eigenvalue weighted by molar-refractivity contribution is -0.137. The van der Waals surface area contributed by atoms with Gasteiger partial charge in [-0.3, -0.25) is 4.79 Å². The van der Waals surface area contributed by atoms with Crippen LogP contribution in [0.1, 0.15) is 24.0 Å². The zero-order valence-electron chi connectivity index (χ0n) is 18.1. The molecule has 0 radical (unpaired) electrons. The standard InChI is InChI=1S/C24H19Cl3F3N3O2/c25-18-5-4-15(9-19(18)26)17-10-16(24(28,29)30)12-32-23(17)35-21(20-2-1-7-33(20)13-34)8-14-3-6-22(27)31-11-14/h3-6,9-13,20-21H,1-2,7-8H2. The van der Waals surface area contributed by atoms with E-state index in [1.807, 2.05) is 0 Å². The van der Waals surface area contributed by atoms with E-state index in [9.17, 15) is 18.0 Å². The van der Waals surface area contributed by atoms with Crippen LogP contribution in [-0.2, 0) is 17.4 Å². The molecule has 3 aromatic rings. The number of benzene rings is 1. The zero-order valence-corrected chi connectivity index (χ0v) is 20.4. The summed E-state index contributed by atoms with van der Waals surface area (Å²) in [7, 11) is 0. The van der Waals surface area contributed by atoms with E-state index >= 15 is 0 Å². The molecule has 0 aliphatic carbocycles. The Hall–Kier alpha value is -2.55. The number of aromatic nitrogens is 2. The van der Waals surface area contributed by atoms with E-state index in [-0.39, 0.29) is 27.5 Å². The Morgan fingerprint density at radius 3 is 2.54 bits per heavy atom. The second-order valence-electron chi connectivity index (χ2n) is 8.11. The Kier molecular flexibility index (Phi) is 7.73. The minimum absolute atomic E-state index is 0.0129. The van der Waals surface area contributed by atoms with Gasteiger partial charge in [-0.2, -0.15) is 13.2 Å². The first-order chi connectivity index (χ1) is 16.7. The molecule has 0 saturated carbocycles. The van der Waals surface area contributed by atoms with Gasteiger partial charge in [-0.1, -0.05) is 46.9 Å². The minimum atomic E-state index is -4.61. The number of alkyl halides is 3. The fourth-order valence-corrected chi connectivity index (χ4v) is 4.49. The van der Waals surface area contributed by atoms with Crippen molar-refractivity contribution in [1.29, 1.82) is 0 Å². The average Bonchev–Trinajstić information content (AvgIpc) is 3.30. The van der Waals surface area contributed by atoms with Crippen LogP contribution in [0.4, 0.5) is 13.2 Å². The Bertz CT molecular complexity index is 1210. The molecule has 4 rings (SSSR count). The lowest BCUT2D eigenvalue weighted by atomic mass is 10.0. The summed E-state index contributed by atoms with van der Waals surface area (Å²) in [5.74, 6) is -0.0129. The largest absolute Gasteiger partial charge is 0.471 e. The number of ether oxygens (including phenoxy) is 1.